The first-order valence-corrected chi connectivity index (χ1v) is 4.25. The summed E-state index contributed by atoms with van der Waals surface area (Å²) in [6, 6.07) is 2.12. The van der Waals surface area contributed by atoms with E-state index in [2.05, 4.69) is 9.31 Å². The van der Waals surface area contributed by atoms with E-state index < -0.39 is 11.9 Å². The number of non-ortho nitro benzene ring substituents is 1. The lowest BCUT2D eigenvalue weighted by atomic mass is 10.1. The van der Waals surface area contributed by atoms with Gasteiger partial charge in [-0.2, -0.15) is 0 Å². The minimum Gasteiger partial charge on any atom is -0.632 e. The monoisotopic (exact) mass is 228 g/mol. The molecule has 8 nitrogen and oxygen atoms in total. The predicted octanol–water partition coefficient (Wildman–Crippen LogP) is -0.205. The van der Waals surface area contributed by atoms with Crippen LogP contribution >= 0.6 is 0 Å². The molecule has 86 valence electrons. The van der Waals surface area contributed by atoms with Crippen LogP contribution < -0.4 is 14.0 Å². The smallest absolute Gasteiger partial charge is 0.632 e. The molecule has 9 heteroatoms. The highest BCUT2D eigenvalue weighted by molar-refractivity contribution is 6.53. The zero-order chi connectivity index (χ0) is 11.9. The van der Waals surface area contributed by atoms with Gasteiger partial charge < -0.3 is 24.1 Å². The first-order chi connectivity index (χ1) is 7.43. The standard InChI is InChI=1S/C7H7BNO7/c1-14-5-2-4(9(12)13)3-6-7(5)16-8(10,11)15-6/h2-3,10-11H,1H3/q-1. The molecule has 0 spiro atoms. The van der Waals surface area contributed by atoms with Crippen LogP contribution in [-0.2, 0) is 0 Å². The van der Waals surface area contributed by atoms with Crippen molar-refractivity contribution in [3.63, 3.8) is 0 Å². The van der Waals surface area contributed by atoms with Gasteiger partial charge in [-0.05, 0) is 0 Å². The number of hydrogen-bond acceptors (Lipinski definition) is 7. The number of methoxy groups -OCH3 is 1. The highest BCUT2D eigenvalue weighted by Gasteiger charge is 2.38. The molecule has 1 aromatic carbocycles. The minimum absolute atomic E-state index is 0.00366. The molecule has 0 atom stereocenters. The third kappa shape index (κ3) is 1.61. The average Bonchev–Trinajstić information content (AvgIpc) is 2.49. The molecule has 0 radical (unpaired) electrons. The Bertz CT molecular complexity index is 460. The molecule has 0 saturated heterocycles. The summed E-state index contributed by atoms with van der Waals surface area (Å²) >= 11 is 0. The van der Waals surface area contributed by atoms with Gasteiger partial charge in [-0.25, -0.2) is 0 Å². The predicted molar refractivity (Wildman–Crippen MR) is 51.1 cm³/mol. The van der Waals surface area contributed by atoms with Crippen LogP contribution in [-0.4, -0.2) is 29.0 Å². The summed E-state index contributed by atoms with van der Waals surface area (Å²) in [6.07, 6.45) is 0. The van der Waals surface area contributed by atoms with Crippen LogP contribution in [0, 0.1) is 10.1 Å². The van der Waals surface area contributed by atoms with E-state index in [1.807, 2.05) is 0 Å². The van der Waals surface area contributed by atoms with Crippen molar-refractivity contribution in [3.8, 4) is 17.2 Å². The fraction of sp³-hybridized carbons (Fsp3) is 0.143. The zero-order valence-corrected chi connectivity index (χ0v) is 8.11. The highest BCUT2D eigenvalue weighted by Crippen LogP contribution is 2.45. The van der Waals surface area contributed by atoms with Crippen molar-refractivity contribution in [1.29, 1.82) is 0 Å². The molecule has 0 unspecified atom stereocenters. The van der Waals surface area contributed by atoms with Crippen molar-refractivity contribution >= 4 is 12.6 Å². The SMILES string of the molecule is COc1cc([N+](=O)[O-])cc2c1O[B-](O)(O)O2. The Balaban J connectivity index is 2.53. The van der Waals surface area contributed by atoms with Crippen molar-refractivity contribution in [1.82, 2.24) is 0 Å². The number of ether oxygens (including phenoxy) is 1. The highest BCUT2D eigenvalue weighted by atomic mass is 16.8. The molecule has 0 fully saturated rings. The molecule has 0 amide bonds. The maximum absolute atomic E-state index is 10.6. The average molecular weight is 228 g/mol. The second-order valence-electron chi connectivity index (χ2n) is 3.10. The van der Waals surface area contributed by atoms with Gasteiger partial charge in [0.1, 0.15) is 5.75 Å². The maximum Gasteiger partial charge on any atom is 0.647 e. The fourth-order valence-corrected chi connectivity index (χ4v) is 1.37. The molecule has 1 aliphatic heterocycles. The Hall–Kier alpha value is -2.00. The van der Waals surface area contributed by atoms with Gasteiger partial charge in [0.25, 0.3) is 5.69 Å². The molecule has 0 aliphatic carbocycles. The minimum atomic E-state index is -3.47. The van der Waals surface area contributed by atoms with E-state index in [9.17, 15) is 10.1 Å². The van der Waals surface area contributed by atoms with E-state index in [0.29, 0.717) is 0 Å². The zero-order valence-electron chi connectivity index (χ0n) is 8.11. The van der Waals surface area contributed by atoms with Gasteiger partial charge in [-0.1, -0.05) is 0 Å². The summed E-state index contributed by atoms with van der Waals surface area (Å²) in [5, 5.41) is 28.8. The van der Waals surface area contributed by atoms with Crippen molar-refractivity contribution in [2.24, 2.45) is 0 Å². The molecular weight excluding hydrogens is 221 g/mol. The number of nitrogens with zero attached hydrogens (tertiary/aromatic N) is 1. The summed E-state index contributed by atoms with van der Waals surface area (Å²) < 4.78 is 14.1. The molecule has 2 N–H and O–H groups in total. The fourth-order valence-electron chi connectivity index (χ4n) is 1.37. The lowest BCUT2D eigenvalue weighted by Crippen LogP contribution is -2.45. The molecule has 1 aliphatic rings. The van der Waals surface area contributed by atoms with Crippen LogP contribution in [0.2, 0.25) is 0 Å². The quantitative estimate of drug-likeness (QED) is 0.409. The normalized spacial score (nSPS) is 15.9. The molecule has 1 heterocycles. The molecule has 2 rings (SSSR count). The Labute approximate surface area is 89.2 Å². The van der Waals surface area contributed by atoms with E-state index in [0.717, 1.165) is 12.1 Å². The Kier molecular flexibility index (Phi) is 2.14. The van der Waals surface area contributed by atoms with Gasteiger partial charge in [-0.15, -0.1) is 0 Å². The number of nitro benzene ring substituents is 1. The summed E-state index contributed by atoms with van der Waals surface area (Å²) in [4.78, 5) is 9.91. The van der Waals surface area contributed by atoms with Crippen molar-refractivity contribution in [2.45, 2.75) is 0 Å². The van der Waals surface area contributed by atoms with E-state index in [4.69, 9.17) is 14.8 Å². The van der Waals surface area contributed by atoms with E-state index in [-0.39, 0.29) is 22.9 Å². The van der Waals surface area contributed by atoms with Crippen LogP contribution in [0.5, 0.6) is 17.2 Å². The number of rotatable bonds is 2. The number of hydrogen-bond donors (Lipinski definition) is 2. The van der Waals surface area contributed by atoms with Gasteiger partial charge in [0, 0.05) is 0 Å². The lowest BCUT2D eigenvalue weighted by molar-refractivity contribution is -0.385. The van der Waals surface area contributed by atoms with E-state index >= 15 is 0 Å². The molecule has 0 aromatic heterocycles. The third-order valence-corrected chi connectivity index (χ3v) is 1.99. The first-order valence-electron chi connectivity index (χ1n) is 4.25. The van der Waals surface area contributed by atoms with Gasteiger partial charge in [0.2, 0.25) is 0 Å². The van der Waals surface area contributed by atoms with Gasteiger partial charge in [0.05, 0.1) is 24.2 Å². The summed E-state index contributed by atoms with van der Waals surface area (Å²) in [5.74, 6) is -0.217. The molecule has 1 aromatic rings. The largest absolute Gasteiger partial charge is 0.647 e. The van der Waals surface area contributed by atoms with Crippen LogP contribution in [0.25, 0.3) is 0 Å². The van der Waals surface area contributed by atoms with Crippen molar-refractivity contribution in [2.75, 3.05) is 7.11 Å². The second-order valence-corrected chi connectivity index (χ2v) is 3.10. The summed E-state index contributed by atoms with van der Waals surface area (Å²) in [6.45, 7) is -3.47. The Morgan fingerprint density at radius 3 is 2.69 bits per heavy atom. The summed E-state index contributed by atoms with van der Waals surface area (Å²) in [5.41, 5.74) is -0.298. The lowest BCUT2D eigenvalue weighted by Gasteiger charge is -2.20. The number of fused-ring (bicyclic) bond motifs is 1. The third-order valence-electron chi connectivity index (χ3n) is 1.99. The number of benzene rings is 1. The van der Waals surface area contributed by atoms with Gasteiger partial charge >= 0.3 is 6.96 Å². The van der Waals surface area contributed by atoms with Crippen LogP contribution in [0.15, 0.2) is 12.1 Å². The molecular formula is C7H7BNO7-. The van der Waals surface area contributed by atoms with E-state index in [1.54, 1.807) is 0 Å². The van der Waals surface area contributed by atoms with Crippen LogP contribution in [0.1, 0.15) is 0 Å². The van der Waals surface area contributed by atoms with Crippen molar-refractivity contribution < 1.29 is 29.0 Å². The van der Waals surface area contributed by atoms with Crippen LogP contribution in [0.4, 0.5) is 5.69 Å². The topological polar surface area (TPSA) is 111 Å². The maximum atomic E-state index is 10.6. The molecule has 0 bridgehead atoms. The molecule has 0 saturated carbocycles. The van der Waals surface area contributed by atoms with Crippen molar-refractivity contribution in [3.05, 3.63) is 22.2 Å². The summed E-state index contributed by atoms with van der Waals surface area (Å²) in [7, 11) is 1.27. The molecule has 16 heavy (non-hydrogen) atoms. The first kappa shape index (κ1) is 10.5. The van der Waals surface area contributed by atoms with Gasteiger partial charge in [-0.3, -0.25) is 10.1 Å². The Morgan fingerprint density at radius 2 is 2.12 bits per heavy atom. The van der Waals surface area contributed by atoms with Gasteiger partial charge in [0.15, 0.2) is 11.5 Å². The number of nitro groups is 1. The van der Waals surface area contributed by atoms with Crippen LogP contribution in [0.3, 0.4) is 0 Å². The Morgan fingerprint density at radius 1 is 1.44 bits per heavy atom. The van der Waals surface area contributed by atoms with E-state index in [1.165, 1.54) is 7.11 Å². The second kappa shape index (κ2) is 3.25.